The molecule has 0 saturated heterocycles. The van der Waals surface area contributed by atoms with E-state index in [2.05, 4.69) is 15.9 Å². The van der Waals surface area contributed by atoms with Gasteiger partial charge in [-0.3, -0.25) is 4.79 Å². The number of rotatable bonds is 2. The van der Waals surface area contributed by atoms with Crippen molar-refractivity contribution in [3.8, 4) is 0 Å². The Morgan fingerprint density at radius 3 is 2.48 bits per heavy atom. The highest BCUT2D eigenvalue weighted by atomic mass is 79.9. The van der Waals surface area contributed by atoms with E-state index in [0.717, 1.165) is 20.9 Å². The summed E-state index contributed by atoms with van der Waals surface area (Å²) >= 11 is 3.41. The van der Waals surface area contributed by atoms with Crippen LogP contribution in [0.3, 0.4) is 0 Å². The van der Waals surface area contributed by atoms with E-state index in [0.29, 0.717) is 5.56 Å². The average Bonchev–Trinajstić information content (AvgIpc) is 2.51. The standard InChI is InChI=1S/C18H14BrNO/c1-20-12-14(9-6-13-7-10-15(19)11-8-13)18(21)16-4-2-3-5-17(16)20/h2-12H,1H3/b9-6+. The molecule has 3 aromatic rings. The summed E-state index contributed by atoms with van der Waals surface area (Å²) in [5.41, 5.74) is 2.77. The van der Waals surface area contributed by atoms with Gasteiger partial charge < -0.3 is 4.57 Å². The van der Waals surface area contributed by atoms with E-state index in [1.54, 1.807) is 0 Å². The van der Waals surface area contributed by atoms with Crippen LogP contribution in [-0.2, 0) is 7.05 Å². The first-order valence-electron chi connectivity index (χ1n) is 6.67. The number of fused-ring (bicyclic) bond motifs is 1. The first-order valence-corrected chi connectivity index (χ1v) is 7.46. The Kier molecular flexibility index (Phi) is 3.76. The summed E-state index contributed by atoms with van der Waals surface area (Å²) in [6.07, 6.45) is 5.70. The number of pyridine rings is 1. The predicted octanol–water partition coefficient (Wildman–Crippen LogP) is 4.47. The Hall–Kier alpha value is -2.13. The fraction of sp³-hybridized carbons (Fsp3) is 0.0556. The Bertz CT molecular complexity index is 876. The topological polar surface area (TPSA) is 22.0 Å². The van der Waals surface area contributed by atoms with Crippen LogP contribution in [-0.4, -0.2) is 4.57 Å². The van der Waals surface area contributed by atoms with Crippen molar-refractivity contribution in [1.82, 2.24) is 4.57 Å². The van der Waals surface area contributed by atoms with Gasteiger partial charge in [0.25, 0.3) is 0 Å². The van der Waals surface area contributed by atoms with Crippen molar-refractivity contribution >= 4 is 39.0 Å². The molecule has 1 aromatic heterocycles. The van der Waals surface area contributed by atoms with Crippen molar-refractivity contribution in [1.29, 1.82) is 0 Å². The molecule has 2 nitrogen and oxygen atoms in total. The summed E-state index contributed by atoms with van der Waals surface area (Å²) in [5, 5.41) is 0.748. The van der Waals surface area contributed by atoms with Gasteiger partial charge in [-0.2, -0.15) is 0 Å². The highest BCUT2D eigenvalue weighted by molar-refractivity contribution is 9.10. The Labute approximate surface area is 131 Å². The summed E-state index contributed by atoms with van der Waals surface area (Å²) in [5.74, 6) is 0. The fourth-order valence-corrected chi connectivity index (χ4v) is 2.61. The lowest BCUT2D eigenvalue weighted by atomic mass is 10.1. The molecule has 0 fully saturated rings. The normalized spacial score (nSPS) is 11.3. The van der Waals surface area contributed by atoms with Gasteiger partial charge in [-0.15, -0.1) is 0 Å². The Balaban J connectivity index is 2.07. The molecule has 0 amide bonds. The molecule has 2 aromatic carbocycles. The molecule has 0 aliphatic carbocycles. The summed E-state index contributed by atoms with van der Waals surface area (Å²) < 4.78 is 3.03. The van der Waals surface area contributed by atoms with Crippen LogP contribution in [0.25, 0.3) is 23.1 Å². The highest BCUT2D eigenvalue weighted by Crippen LogP contribution is 2.14. The molecule has 104 valence electrons. The highest BCUT2D eigenvalue weighted by Gasteiger charge is 2.04. The minimum Gasteiger partial charge on any atom is -0.350 e. The Morgan fingerprint density at radius 1 is 1.00 bits per heavy atom. The number of benzene rings is 2. The second-order valence-electron chi connectivity index (χ2n) is 4.93. The molecule has 0 N–H and O–H groups in total. The molecular formula is C18H14BrNO. The van der Waals surface area contributed by atoms with Crippen molar-refractivity contribution < 1.29 is 0 Å². The average molecular weight is 340 g/mol. The third-order valence-electron chi connectivity index (χ3n) is 3.45. The van der Waals surface area contributed by atoms with E-state index in [4.69, 9.17) is 0 Å². The van der Waals surface area contributed by atoms with Gasteiger partial charge in [0.15, 0.2) is 5.43 Å². The van der Waals surface area contributed by atoms with Crippen molar-refractivity contribution in [2.45, 2.75) is 0 Å². The van der Waals surface area contributed by atoms with Gasteiger partial charge >= 0.3 is 0 Å². The van der Waals surface area contributed by atoms with E-state index in [9.17, 15) is 4.79 Å². The minimum absolute atomic E-state index is 0.0667. The zero-order valence-electron chi connectivity index (χ0n) is 11.6. The van der Waals surface area contributed by atoms with Crippen LogP contribution in [0, 0.1) is 0 Å². The molecule has 0 radical (unpaired) electrons. The zero-order chi connectivity index (χ0) is 14.8. The van der Waals surface area contributed by atoms with Crippen LogP contribution in [0.5, 0.6) is 0 Å². The van der Waals surface area contributed by atoms with Crippen molar-refractivity contribution in [3.05, 3.63) is 80.6 Å². The van der Waals surface area contributed by atoms with E-state index in [1.165, 1.54) is 0 Å². The number of aryl methyl sites for hydroxylation is 1. The fourth-order valence-electron chi connectivity index (χ4n) is 2.34. The predicted molar refractivity (Wildman–Crippen MR) is 92.3 cm³/mol. The molecule has 0 saturated carbocycles. The monoisotopic (exact) mass is 339 g/mol. The van der Waals surface area contributed by atoms with Gasteiger partial charge in [0.2, 0.25) is 0 Å². The quantitative estimate of drug-likeness (QED) is 0.675. The first-order chi connectivity index (χ1) is 10.1. The molecule has 1 heterocycles. The van der Waals surface area contributed by atoms with Crippen molar-refractivity contribution in [2.24, 2.45) is 7.05 Å². The number of hydrogen-bond acceptors (Lipinski definition) is 1. The van der Waals surface area contributed by atoms with Crippen LogP contribution in [0.15, 0.2) is 64.0 Å². The van der Waals surface area contributed by atoms with Crippen molar-refractivity contribution in [3.63, 3.8) is 0 Å². The van der Waals surface area contributed by atoms with Gasteiger partial charge in [-0.1, -0.05) is 46.3 Å². The lowest BCUT2D eigenvalue weighted by molar-refractivity contribution is 0.947. The van der Waals surface area contributed by atoms with Crippen LogP contribution in [0.1, 0.15) is 11.1 Å². The van der Waals surface area contributed by atoms with Gasteiger partial charge in [0.1, 0.15) is 0 Å². The second kappa shape index (κ2) is 5.70. The smallest absolute Gasteiger partial charge is 0.196 e. The summed E-state index contributed by atoms with van der Waals surface area (Å²) in [4.78, 5) is 12.5. The number of para-hydroxylation sites is 1. The summed E-state index contributed by atoms with van der Waals surface area (Å²) in [7, 11) is 1.96. The van der Waals surface area contributed by atoms with Crippen LogP contribution < -0.4 is 5.43 Å². The van der Waals surface area contributed by atoms with E-state index >= 15 is 0 Å². The van der Waals surface area contributed by atoms with Crippen LogP contribution >= 0.6 is 15.9 Å². The molecule has 0 aliphatic rings. The van der Waals surface area contributed by atoms with Crippen LogP contribution in [0.2, 0.25) is 0 Å². The molecule has 3 heteroatoms. The van der Waals surface area contributed by atoms with Gasteiger partial charge in [0.05, 0.1) is 5.52 Å². The number of hydrogen-bond donors (Lipinski definition) is 0. The summed E-state index contributed by atoms with van der Waals surface area (Å²) in [6, 6.07) is 15.6. The maximum absolute atomic E-state index is 12.5. The first kappa shape index (κ1) is 13.8. The van der Waals surface area contributed by atoms with E-state index in [1.807, 2.05) is 78.5 Å². The molecule has 0 aliphatic heterocycles. The van der Waals surface area contributed by atoms with Gasteiger partial charge in [-0.05, 0) is 35.9 Å². The van der Waals surface area contributed by atoms with E-state index < -0.39 is 0 Å². The molecule has 0 atom stereocenters. The molecule has 21 heavy (non-hydrogen) atoms. The molecule has 0 spiro atoms. The third kappa shape index (κ3) is 2.83. The van der Waals surface area contributed by atoms with Crippen molar-refractivity contribution in [2.75, 3.05) is 0 Å². The lowest BCUT2D eigenvalue weighted by Gasteiger charge is -2.06. The van der Waals surface area contributed by atoms with Gasteiger partial charge in [-0.25, -0.2) is 0 Å². The maximum Gasteiger partial charge on any atom is 0.196 e. The number of nitrogens with zero attached hydrogens (tertiary/aromatic N) is 1. The lowest BCUT2D eigenvalue weighted by Crippen LogP contribution is -2.10. The van der Waals surface area contributed by atoms with Crippen LogP contribution in [0.4, 0.5) is 0 Å². The molecule has 3 rings (SSSR count). The second-order valence-corrected chi connectivity index (χ2v) is 5.84. The maximum atomic E-state index is 12.5. The number of halogens is 1. The minimum atomic E-state index is 0.0667. The molecule has 0 bridgehead atoms. The number of aromatic nitrogens is 1. The Morgan fingerprint density at radius 2 is 1.71 bits per heavy atom. The van der Waals surface area contributed by atoms with Gasteiger partial charge in [0, 0.05) is 28.7 Å². The largest absolute Gasteiger partial charge is 0.350 e. The third-order valence-corrected chi connectivity index (χ3v) is 3.98. The van der Waals surface area contributed by atoms with E-state index in [-0.39, 0.29) is 5.43 Å². The summed E-state index contributed by atoms with van der Waals surface area (Å²) in [6.45, 7) is 0. The molecule has 0 unspecified atom stereocenters. The zero-order valence-corrected chi connectivity index (χ0v) is 13.2. The molecular weight excluding hydrogens is 326 g/mol. The SMILES string of the molecule is Cn1cc(/C=C/c2ccc(Br)cc2)c(=O)c2ccccc21.